The quantitative estimate of drug-likeness (QED) is 0.139. The Morgan fingerprint density at radius 3 is 2.56 bits per heavy atom. The summed E-state index contributed by atoms with van der Waals surface area (Å²) >= 11 is 0. The zero-order valence-electron chi connectivity index (χ0n) is 25.3. The zero-order valence-corrected chi connectivity index (χ0v) is 25.3. The Hall–Kier alpha value is -3.53. The maximum atomic E-state index is 3.73. The molecule has 1 unspecified atom stereocenters. The first-order valence-corrected chi connectivity index (χ1v) is 15.8. The van der Waals surface area contributed by atoms with Crippen molar-refractivity contribution in [3.63, 3.8) is 0 Å². The minimum atomic E-state index is 0.760. The average molecular weight is 544 g/mol. The smallest absolute Gasteiger partial charge is 0.0608 e. The van der Waals surface area contributed by atoms with Crippen molar-refractivity contribution in [3.8, 4) is 11.3 Å². The molecule has 41 heavy (non-hydrogen) atoms. The molecule has 1 atom stereocenters. The number of rotatable bonds is 12. The van der Waals surface area contributed by atoms with E-state index in [0.717, 1.165) is 32.0 Å². The topological polar surface area (TPSA) is 31.1 Å². The fourth-order valence-electron chi connectivity index (χ4n) is 6.26. The van der Waals surface area contributed by atoms with Gasteiger partial charge in [-0.15, -0.1) is 0 Å². The third-order valence-corrected chi connectivity index (χ3v) is 8.52. The number of hydrogen-bond donors (Lipinski definition) is 2. The second-order valence-corrected chi connectivity index (χ2v) is 11.7. The Balaban J connectivity index is 1.25. The van der Waals surface area contributed by atoms with E-state index in [-0.39, 0.29) is 0 Å². The first-order valence-electron chi connectivity index (χ1n) is 15.8. The molecule has 212 valence electrons. The average Bonchev–Trinajstić information content (AvgIpc) is 3.37. The number of piperidine rings is 1. The van der Waals surface area contributed by atoms with E-state index in [4.69, 9.17) is 0 Å². The number of aromatic amines is 1. The van der Waals surface area contributed by atoms with Crippen molar-refractivity contribution in [2.75, 3.05) is 19.6 Å². The number of likely N-dealkylation sites (tertiary alicyclic amines) is 1. The molecule has 2 N–H and O–H groups in total. The second-order valence-electron chi connectivity index (χ2n) is 11.7. The van der Waals surface area contributed by atoms with Crippen LogP contribution in [0.1, 0.15) is 75.1 Å². The van der Waals surface area contributed by atoms with Gasteiger partial charge in [-0.1, -0.05) is 6.92 Å². The monoisotopic (exact) mass is 543 g/mol. The predicted molar refractivity (Wildman–Crippen MR) is 180 cm³/mol. The first-order chi connectivity index (χ1) is 20.2. The van der Waals surface area contributed by atoms with Gasteiger partial charge in [-0.3, -0.25) is 0 Å². The predicted octanol–water partition coefficient (Wildman–Crippen LogP) is 8.26. The number of unbranched alkanes of at least 4 members (excludes halogenated alkanes) is 2. The zero-order chi connectivity index (χ0) is 28.4. The summed E-state index contributed by atoms with van der Waals surface area (Å²) in [4.78, 5) is 6.30. The molecular formula is C37H46BN3. The van der Waals surface area contributed by atoms with E-state index in [2.05, 4.69) is 128 Å². The normalized spacial score (nSPS) is 15.9. The summed E-state index contributed by atoms with van der Waals surface area (Å²) < 4.78 is 0. The molecule has 1 saturated heterocycles. The van der Waals surface area contributed by atoms with Gasteiger partial charge in [0.15, 0.2) is 0 Å². The summed E-state index contributed by atoms with van der Waals surface area (Å²) in [7, 11) is 2.09. The number of allylic oxidation sites excluding steroid dienone is 1. The van der Waals surface area contributed by atoms with E-state index in [1.807, 2.05) is 0 Å². The van der Waals surface area contributed by atoms with Gasteiger partial charge in [0.05, 0.1) is 0 Å². The number of fused-ring (bicyclic) bond motifs is 1. The van der Waals surface area contributed by atoms with Crippen LogP contribution in [-0.2, 0) is 12.8 Å². The number of aromatic nitrogens is 1. The van der Waals surface area contributed by atoms with Crippen LogP contribution in [-0.4, -0.2) is 42.5 Å². The van der Waals surface area contributed by atoms with Crippen molar-refractivity contribution in [3.05, 3.63) is 101 Å². The van der Waals surface area contributed by atoms with Gasteiger partial charge in [0.1, 0.15) is 0 Å². The van der Waals surface area contributed by atoms with Crippen molar-refractivity contribution >= 4 is 29.6 Å². The second kappa shape index (κ2) is 14.4. The van der Waals surface area contributed by atoms with Gasteiger partial charge in [0.2, 0.25) is 0 Å². The summed E-state index contributed by atoms with van der Waals surface area (Å²) in [5.74, 6) is 2.93. The van der Waals surface area contributed by atoms with Gasteiger partial charge >= 0.3 is 223 Å². The molecule has 4 aromatic rings. The molecule has 0 spiro atoms. The molecule has 3 nitrogen and oxygen atoms in total. The maximum absolute atomic E-state index is 3.73. The number of benzene rings is 3. The van der Waals surface area contributed by atoms with E-state index >= 15 is 0 Å². The molecule has 0 aliphatic carbocycles. The van der Waals surface area contributed by atoms with Crippen LogP contribution in [0.2, 0.25) is 0 Å². The fourth-order valence-corrected chi connectivity index (χ4v) is 6.26. The molecule has 1 fully saturated rings. The molecule has 5 rings (SSSR count). The van der Waals surface area contributed by atoms with E-state index < -0.39 is 0 Å². The molecule has 0 amide bonds. The van der Waals surface area contributed by atoms with E-state index in [1.54, 1.807) is 0 Å². The van der Waals surface area contributed by atoms with Crippen molar-refractivity contribution in [1.29, 1.82) is 0 Å². The van der Waals surface area contributed by atoms with Crippen LogP contribution in [0.25, 0.3) is 27.9 Å². The van der Waals surface area contributed by atoms with Crippen LogP contribution < -0.4 is 5.23 Å². The van der Waals surface area contributed by atoms with Crippen LogP contribution in [0.4, 0.5) is 0 Å². The SMILES string of the molecule is C/C=C(\c1ccc(-c2[nH]c3ccccc3c2CCNB=Cc2ccc(CCCCC)cc2)cc1)N1CCCC(C)C1. The van der Waals surface area contributed by atoms with Crippen LogP contribution in [0.3, 0.4) is 0 Å². The van der Waals surface area contributed by atoms with Crippen molar-refractivity contribution in [2.24, 2.45) is 5.92 Å². The summed E-state index contributed by atoms with van der Waals surface area (Å²) in [5.41, 5.74) is 10.4. The Labute approximate surface area is 248 Å². The van der Waals surface area contributed by atoms with Gasteiger partial charge in [-0.2, -0.15) is 0 Å². The number of H-pyrrole nitrogens is 1. The van der Waals surface area contributed by atoms with Crippen LogP contribution in [0.5, 0.6) is 0 Å². The first kappa shape index (κ1) is 29.0. The molecule has 2 heterocycles. The van der Waals surface area contributed by atoms with Gasteiger partial charge in [-0.25, -0.2) is 0 Å². The molecule has 4 heteroatoms. The van der Waals surface area contributed by atoms with Gasteiger partial charge in [-0.05, 0) is 18.8 Å². The number of para-hydroxylation sites is 1. The summed E-state index contributed by atoms with van der Waals surface area (Å²) in [6.07, 6.45) is 10.9. The molecule has 1 aromatic heterocycles. The molecule has 0 radical (unpaired) electrons. The molecule has 3 aromatic carbocycles. The number of hydrogen-bond acceptors (Lipinski definition) is 2. The summed E-state index contributed by atoms with van der Waals surface area (Å²) in [5, 5.41) is 4.85. The van der Waals surface area contributed by atoms with Crippen LogP contribution >= 0.6 is 0 Å². The Morgan fingerprint density at radius 1 is 1.00 bits per heavy atom. The van der Waals surface area contributed by atoms with Gasteiger partial charge in [0.25, 0.3) is 0 Å². The van der Waals surface area contributed by atoms with Gasteiger partial charge < -0.3 is 0 Å². The third kappa shape index (κ3) is 7.41. The summed E-state index contributed by atoms with van der Waals surface area (Å²) in [6.45, 7) is 9.99. The molecule has 1 aliphatic rings. The van der Waals surface area contributed by atoms with Crippen molar-refractivity contribution in [2.45, 2.75) is 65.7 Å². The molecule has 0 bridgehead atoms. The minimum absolute atomic E-state index is 0.760. The van der Waals surface area contributed by atoms with E-state index in [9.17, 15) is 0 Å². The van der Waals surface area contributed by atoms with Crippen LogP contribution in [0, 0.1) is 5.92 Å². The minimum Gasteiger partial charge on any atom is -0.0608 e. The number of aryl methyl sites for hydroxylation is 1. The number of nitrogens with one attached hydrogen (secondary N) is 2. The Kier molecular flexibility index (Phi) is 10.2. The van der Waals surface area contributed by atoms with Gasteiger partial charge in [0, 0.05) is 0 Å². The fraction of sp³-hybridized carbons (Fsp3) is 0.378. The molecule has 1 aliphatic heterocycles. The summed E-state index contributed by atoms with van der Waals surface area (Å²) in [6, 6.07) is 26.9. The molecule has 0 saturated carbocycles. The van der Waals surface area contributed by atoms with Crippen LogP contribution in [0.15, 0.2) is 78.9 Å². The van der Waals surface area contributed by atoms with E-state index in [0.29, 0.717) is 0 Å². The van der Waals surface area contributed by atoms with Crippen molar-refractivity contribution < 1.29 is 0 Å². The number of nitrogens with zero attached hydrogens (tertiary/aromatic N) is 1. The Morgan fingerprint density at radius 2 is 1.80 bits per heavy atom. The standard InChI is InChI=1S/C37H46BN3/c1-4-6-7-12-29-15-17-30(18-16-29)26-38-39-24-23-34-33-13-8-9-14-35(33)40-37(34)32-21-19-31(20-22-32)36(5-2)41-25-10-11-28(3)27-41/h5,8-9,13-22,26,28,39-40H,4,6-7,10-12,23-25,27H2,1-3H3/b36-5+. The van der Waals surface area contributed by atoms with Crippen molar-refractivity contribution in [1.82, 2.24) is 15.1 Å². The Bertz CT molecular complexity index is 1450. The molecular weight excluding hydrogens is 497 g/mol. The van der Waals surface area contributed by atoms with E-state index in [1.165, 1.54) is 88.6 Å². The third-order valence-electron chi connectivity index (χ3n) is 8.52.